The number of aromatic nitrogens is 2. The third kappa shape index (κ3) is 4.91. The van der Waals surface area contributed by atoms with Crippen molar-refractivity contribution in [3.63, 3.8) is 0 Å². The van der Waals surface area contributed by atoms with Crippen LogP contribution in [0.1, 0.15) is 34.9 Å². The van der Waals surface area contributed by atoms with Gasteiger partial charge in [0.15, 0.2) is 0 Å². The van der Waals surface area contributed by atoms with Crippen molar-refractivity contribution in [1.82, 2.24) is 24.7 Å². The van der Waals surface area contributed by atoms with Crippen molar-refractivity contribution in [2.75, 3.05) is 27.2 Å². The second-order valence-corrected chi connectivity index (χ2v) is 8.88. The predicted molar refractivity (Wildman–Crippen MR) is 109 cm³/mol. The molecule has 1 atom stereocenters. The monoisotopic (exact) mass is 427 g/mol. The normalized spacial score (nSPS) is 17.2. The zero-order chi connectivity index (χ0) is 19.4. The van der Waals surface area contributed by atoms with Gasteiger partial charge in [0.1, 0.15) is 5.69 Å². The van der Waals surface area contributed by atoms with Crippen LogP contribution < -0.4 is 10.6 Å². The molecule has 2 heterocycles. The lowest BCUT2D eigenvalue weighted by molar-refractivity contribution is 0.0944. The van der Waals surface area contributed by atoms with E-state index in [9.17, 15) is 13.2 Å². The molecule has 28 heavy (non-hydrogen) atoms. The van der Waals surface area contributed by atoms with Crippen LogP contribution in [-0.4, -0.2) is 55.6 Å². The van der Waals surface area contributed by atoms with E-state index in [0.29, 0.717) is 11.3 Å². The number of nitrogens with zero attached hydrogens (tertiary/aromatic N) is 3. The fourth-order valence-corrected chi connectivity index (χ4v) is 4.20. The molecule has 1 aromatic carbocycles. The lowest BCUT2D eigenvalue weighted by Gasteiger charge is -2.22. The van der Waals surface area contributed by atoms with Gasteiger partial charge in [-0.15, -0.1) is 12.4 Å². The van der Waals surface area contributed by atoms with Crippen LogP contribution >= 0.6 is 12.4 Å². The summed E-state index contributed by atoms with van der Waals surface area (Å²) >= 11 is 0. The van der Waals surface area contributed by atoms with Gasteiger partial charge in [-0.1, -0.05) is 18.2 Å². The van der Waals surface area contributed by atoms with Crippen molar-refractivity contribution in [3.8, 4) is 0 Å². The molecule has 1 aliphatic rings. The maximum absolute atomic E-state index is 12.4. The van der Waals surface area contributed by atoms with Gasteiger partial charge in [0.25, 0.3) is 5.91 Å². The molecule has 1 fully saturated rings. The highest BCUT2D eigenvalue weighted by molar-refractivity contribution is 7.89. The summed E-state index contributed by atoms with van der Waals surface area (Å²) in [5, 5.41) is 10.5. The predicted octanol–water partition coefficient (Wildman–Crippen LogP) is 1.41. The number of amides is 1. The van der Waals surface area contributed by atoms with Crippen LogP contribution in [0.4, 0.5) is 0 Å². The molecule has 1 saturated heterocycles. The lowest BCUT2D eigenvalue weighted by Crippen LogP contribution is -2.32. The number of benzene rings is 1. The van der Waals surface area contributed by atoms with E-state index >= 15 is 0 Å². The Hall–Kier alpha value is -1.94. The van der Waals surface area contributed by atoms with Gasteiger partial charge in [-0.3, -0.25) is 9.48 Å². The van der Waals surface area contributed by atoms with Crippen molar-refractivity contribution in [3.05, 3.63) is 47.8 Å². The van der Waals surface area contributed by atoms with E-state index in [1.807, 2.05) is 10.9 Å². The third-order valence-corrected chi connectivity index (χ3v) is 6.57. The SMILES string of the molecule is CN(C)S(=O)(=O)c1ccccc1CNC(=O)c1ccn(C2CCCNC2)n1.Cl. The van der Waals surface area contributed by atoms with Crippen LogP contribution in [0.25, 0.3) is 0 Å². The molecule has 0 aliphatic carbocycles. The molecular weight excluding hydrogens is 402 g/mol. The van der Waals surface area contributed by atoms with Gasteiger partial charge in [0, 0.05) is 33.4 Å². The number of hydrogen-bond donors (Lipinski definition) is 2. The Balaban J connectivity index is 0.00000280. The van der Waals surface area contributed by atoms with E-state index in [1.165, 1.54) is 14.1 Å². The molecule has 0 saturated carbocycles. The number of halogens is 1. The molecule has 2 N–H and O–H groups in total. The molecule has 0 bridgehead atoms. The first-order valence-electron chi connectivity index (χ1n) is 8.94. The first-order chi connectivity index (χ1) is 12.9. The summed E-state index contributed by atoms with van der Waals surface area (Å²) in [4.78, 5) is 12.6. The van der Waals surface area contributed by atoms with Gasteiger partial charge in [0.2, 0.25) is 10.0 Å². The summed E-state index contributed by atoms with van der Waals surface area (Å²) < 4.78 is 27.9. The first kappa shape index (κ1) is 22.4. The van der Waals surface area contributed by atoms with E-state index in [2.05, 4.69) is 15.7 Å². The number of sulfonamides is 1. The highest BCUT2D eigenvalue weighted by atomic mass is 35.5. The smallest absolute Gasteiger partial charge is 0.272 e. The molecule has 3 rings (SSSR count). The van der Waals surface area contributed by atoms with Gasteiger partial charge in [-0.2, -0.15) is 5.10 Å². The minimum Gasteiger partial charge on any atom is -0.347 e. The molecule has 1 unspecified atom stereocenters. The second kappa shape index (κ2) is 9.51. The zero-order valence-corrected chi connectivity index (χ0v) is 17.6. The van der Waals surface area contributed by atoms with E-state index in [0.717, 1.165) is 30.2 Å². The van der Waals surface area contributed by atoms with Crippen molar-refractivity contribution in [2.45, 2.75) is 30.3 Å². The van der Waals surface area contributed by atoms with Gasteiger partial charge < -0.3 is 10.6 Å². The number of carbonyl (C=O) groups excluding carboxylic acids is 1. The number of nitrogens with one attached hydrogen (secondary N) is 2. The Morgan fingerprint density at radius 1 is 1.32 bits per heavy atom. The topological polar surface area (TPSA) is 96.3 Å². The average Bonchev–Trinajstić information content (AvgIpc) is 3.17. The second-order valence-electron chi connectivity index (χ2n) is 6.76. The minimum absolute atomic E-state index is 0. The number of carbonyl (C=O) groups is 1. The Bertz CT molecular complexity index is 907. The molecule has 8 nitrogen and oxygen atoms in total. The van der Waals surface area contributed by atoms with Gasteiger partial charge in [0.05, 0.1) is 10.9 Å². The van der Waals surface area contributed by atoms with E-state index in [-0.39, 0.29) is 35.8 Å². The van der Waals surface area contributed by atoms with Crippen LogP contribution in [0.15, 0.2) is 41.4 Å². The van der Waals surface area contributed by atoms with E-state index in [1.54, 1.807) is 30.3 Å². The standard InChI is InChI=1S/C18H25N5O3S.ClH/c1-22(2)27(25,26)17-8-4-3-6-14(17)12-20-18(24)16-9-11-23(21-16)15-7-5-10-19-13-15;/h3-4,6,8-9,11,15,19H,5,7,10,12-13H2,1-2H3,(H,20,24);1H. The summed E-state index contributed by atoms with van der Waals surface area (Å²) in [6, 6.07) is 8.60. The summed E-state index contributed by atoms with van der Waals surface area (Å²) in [7, 11) is -0.608. The number of hydrogen-bond acceptors (Lipinski definition) is 5. The molecule has 1 aromatic heterocycles. The van der Waals surface area contributed by atoms with Gasteiger partial charge >= 0.3 is 0 Å². The summed E-state index contributed by atoms with van der Waals surface area (Å²) in [5.74, 6) is -0.324. The maximum atomic E-state index is 12.4. The molecule has 2 aromatic rings. The summed E-state index contributed by atoms with van der Waals surface area (Å²) in [6.45, 7) is 1.97. The molecule has 154 valence electrons. The van der Waals surface area contributed by atoms with Crippen molar-refractivity contribution in [1.29, 1.82) is 0 Å². The maximum Gasteiger partial charge on any atom is 0.272 e. The van der Waals surface area contributed by atoms with Crippen LogP contribution in [0.3, 0.4) is 0 Å². The highest BCUT2D eigenvalue weighted by Crippen LogP contribution is 2.19. The van der Waals surface area contributed by atoms with Crippen LogP contribution in [0.5, 0.6) is 0 Å². The molecular formula is C18H26ClN5O3S. The fourth-order valence-electron chi connectivity index (χ4n) is 3.09. The van der Waals surface area contributed by atoms with E-state index < -0.39 is 10.0 Å². The van der Waals surface area contributed by atoms with Gasteiger partial charge in [-0.05, 0) is 37.1 Å². The van der Waals surface area contributed by atoms with Crippen molar-refractivity contribution in [2.24, 2.45) is 0 Å². The molecule has 1 aliphatic heterocycles. The lowest BCUT2D eigenvalue weighted by atomic mass is 10.1. The number of rotatable bonds is 6. The Kier molecular flexibility index (Phi) is 7.59. The van der Waals surface area contributed by atoms with Gasteiger partial charge in [-0.25, -0.2) is 12.7 Å². The Morgan fingerprint density at radius 3 is 2.75 bits per heavy atom. The fraction of sp³-hybridized carbons (Fsp3) is 0.444. The van der Waals surface area contributed by atoms with E-state index in [4.69, 9.17) is 0 Å². The average molecular weight is 428 g/mol. The summed E-state index contributed by atoms with van der Waals surface area (Å²) in [6.07, 6.45) is 3.94. The molecule has 10 heteroatoms. The minimum atomic E-state index is -3.58. The van der Waals surface area contributed by atoms with Crippen molar-refractivity contribution < 1.29 is 13.2 Å². The van der Waals surface area contributed by atoms with Crippen LogP contribution in [-0.2, 0) is 16.6 Å². The van der Waals surface area contributed by atoms with Crippen LogP contribution in [0.2, 0.25) is 0 Å². The molecule has 0 radical (unpaired) electrons. The largest absolute Gasteiger partial charge is 0.347 e. The van der Waals surface area contributed by atoms with Crippen LogP contribution in [0, 0.1) is 0 Å². The Labute approximate surface area is 171 Å². The molecule has 1 amide bonds. The Morgan fingerprint density at radius 2 is 2.07 bits per heavy atom. The summed E-state index contributed by atoms with van der Waals surface area (Å²) in [5.41, 5.74) is 0.865. The third-order valence-electron chi connectivity index (χ3n) is 4.66. The quantitative estimate of drug-likeness (QED) is 0.726. The first-order valence-corrected chi connectivity index (χ1v) is 10.4. The van der Waals surface area contributed by atoms with Crippen molar-refractivity contribution >= 4 is 28.3 Å². The number of piperidine rings is 1. The zero-order valence-electron chi connectivity index (χ0n) is 16.0. The highest BCUT2D eigenvalue weighted by Gasteiger charge is 2.22. The molecule has 0 spiro atoms.